The van der Waals surface area contributed by atoms with Crippen LogP contribution >= 0.6 is 0 Å². The zero-order chi connectivity index (χ0) is 14.6. The lowest BCUT2D eigenvalue weighted by molar-refractivity contribution is 0.501. The minimum Gasteiger partial charge on any atom is -0.371 e. The van der Waals surface area contributed by atoms with Crippen LogP contribution in [0.15, 0.2) is 29.2 Å². The third-order valence-electron chi connectivity index (χ3n) is 3.59. The van der Waals surface area contributed by atoms with Gasteiger partial charge in [-0.25, -0.2) is 13.1 Å². The van der Waals surface area contributed by atoms with Crippen LogP contribution in [0.2, 0.25) is 0 Å². The van der Waals surface area contributed by atoms with Crippen molar-refractivity contribution in [2.24, 2.45) is 5.73 Å². The molecule has 0 bridgehead atoms. The average molecular weight is 297 g/mol. The first-order chi connectivity index (χ1) is 9.53. The van der Waals surface area contributed by atoms with Crippen LogP contribution in [0.4, 0.5) is 5.69 Å². The molecule has 1 aromatic carbocycles. The maximum atomic E-state index is 12.0. The number of hydrogen-bond donors (Lipinski definition) is 2. The normalized spacial score (nSPS) is 17.4. The number of hydrogen-bond acceptors (Lipinski definition) is 4. The van der Waals surface area contributed by atoms with Gasteiger partial charge >= 0.3 is 0 Å². The quantitative estimate of drug-likeness (QED) is 0.859. The molecule has 1 aliphatic rings. The van der Waals surface area contributed by atoms with Crippen molar-refractivity contribution in [1.29, 1.82) is 0 Å². The summed E-state index contributed by atoms with van der Waals surface area (Å²) in [4.78, 5) is 2.57. The van der Waals surface area contributed by atoms with Gasteiger partial charge in [0.05, 0.1) is 4.90 Å². The van der Waals surface area contributed by atoms with Crippen LogP contribution in [0, 0.1) is 0 Å². The Morgan fingerprint density at radius 1 is 1.25 bits per heavy atom. The van der Waals surface area contributed by atoms with Crippen LogP contribution in [0.1, 0.15) is 26.2 Å². The molecule has 0 amide bonds. The highest BCUT2D eigenvalue weighted by Gasteiger charge is 2.17. The zero-order valence-electron chi connectivity index (χ0n) is 11.9. The maximum Gasteiger partial charge on any atom is 0.240 e. The Hall–Kier alpha value is -1.11. The van der Waals surface area contributed by atoms with Crippen molar-refractivity contribution in [1.82, 2.24) is 4.72 Å². The fourth-order valence-electron chi connectivity index (χ4n) is 2.31. The minimum atomic E-state index is -3.37. The van der Waals surface area contributed by atoms with Gasteiger partial charge in [0.15, 0.2) is 0 Å². The first-order valence-corrected chi connectivity index (χ1v) is 8.61. The van der Waals surface area contributed by atoms with Crippen LogP contribution in [-0.4, -0.2) is 34.1 Å². The van der Waals surface area contributed by atoms with Gasteiger partial charge in [-0.05, 0) is 43.5 Å². The molecule has 1 aliphatic heterocycles. The molecule has 1 saturated heterocycles. The molecule has 6 heteroatoms. The van der Waals surface area contributed by atoms with Crippen molar-refractivity contribution in [2.45, 2.75) is 37.1 Å². The number of nitrogens with two attached hydrogens (primary N) is 1. The lowest BCUT2D eigenvalue weighted by Crippen LogP contribution is -2.39. The van der Waals surface area contributed by atoms with Gasteiger partial charge in [-0.2, -0.15) is 0 Å². The fraction of sp³-hybridized carbons (Fsp3) is 0.571. The van der Waals surface area contributed by atoms with E-state index < -0.39 is 10.0 Å². The summed E-state index contributed by atoms with van der Waals surface area (Å²) < 4.78 is 26.5. The van der Waals surface area contributed by atoms with Crippen LogP contribution in [-0.2, 0) is 10.0 Å². The molecule has 20 heavy (non-hydrogen) atoms. The van der Waals surface area contributed by atoms with Crippen LogP contribution < -0.4 is 15.4 Å². The molecule has 0 unspecified atom stereocenters. The van der Waals surface area contributed by atoms with E-state index in [0.717, 1.165) is 38.0 Å². The van der Waals surface area contributed by atoms with Crippen molar-refractivity contribution in [3.05, 3.63) is 24.3 Å². The van der Waals surface area contributed by atoms with Gasteiger partial charge in [0.1, 0.15) is 0 Å². The fourth-order valence-corrected chi connectivity index (χ4v) is 3.45. The van der Waals surface area contributed by atoms with Gasteiger partial charge in [-0.3, -0.25) is 0 Å². The summed E-state index contributed by atoms with van der Waals surface area (Å²) in [5.41, 5.74) is 6.95. The minimum absolute atomic E-state index is 0.296. The average Bonchev–Trinajstić information content (AvgIpc) is 2.46. The molecule has 3 N–H and O–H groups in total. The van der Waals surface area contributed by atoms with Gasteiger partial charge < -0.3 is 10.6 Å². The van der Waals surface area contributed by atoms with Gasteiger partial charge in [0.2, 0.25) is 10.0 Å². The molecule has 0 aromatic heterocycles. The van der Waals surface area contributed by atoms with Crippen LogP contribution in [0.5, 0.6) is 0 Å². The Balaban J connectivity index is 2.06. The van der Waals surface area contributed by atoms with Crippen molar-refractivity contribution in [3.8, 4) is 0 Å². The molecule has 112 valence electrons. The molecule has 2 rings (SSSR count). The van der Waals surface area contributed by atoms with E-state index in [4.69, 9.17) is 5.73 Å². The molecule has 1 heterocycles. The number of nitrogens with one attached hydrogen (secondary N) is 1. The van der Waals surface area contributed by atoms with Crippen LogP contribution in [0.25, 0.3) is 0 Å². The van der Waals surface area contributed by atoms with Crippen molar-refractivity contribution >= 4 is 15.7 Å². The monoisotopic (exact) mass is 297 g/mol. The zero-order valence-corrected chi connectivity index (χ0v) is 12.7. The van der Waals surface area contributed by atoms with E-state index in [9.17, 15) is 8.42 Å². The second-order valence-corrected chi connectivity index (χ2v) is 6.98. The number of sulfonamides is 1. The molecular formula is C14H23N3O2S. The van der Waals surface area contributed by atoms with Gasteiger partial charge in [-0.15, -0.1) is 0 Å². The summed E-state index contributed by atoms with van der Waals surface area (Å²) in [6, 6.07) is 7.38. The lowest BCUT2D eigenvalue weighted by Gasteiger charge is -2.32. The third kappa shape index (κ3) is 3.71. The highest BCUT2D eigenvalue weighted by molar-refractivity contribution is 7.89. The van der Waals surface area contributed by atoms with Gasteiger partial charge in [0, 0.05) is 31.4 Å². The summed E-state index contributed by atoms with van der Waals surface area (Å²) in [5.74, 6) is 0. The Morgan fingerprint density at radius 3 is 2.40 bits per heavy atom. The third-order valence-corrected chi connectivity index (χ3v) is 5.07. The molecule has 0 spiro atoms. The van der Waals surface area contributed by atoms with Gasteiger partial charge in [-0.1, -0.05) is 6.92 Å². The van der Waals surface area contributed by atoms with E-state index in [1.807, 2.05) is 19.1 Å². The summed E-state index contributed by atoms with van der Waals surface area (Å²) in [5, 5.41) is 0. The predicted octanol–water partition coefficient (Wildman–Crippen LogP) is 1.30. The highest BCUT2D eigenvalue weighted by atomic mass is 32.2. The summed E-state index contributed by atoms with van der Waals surface area (Å²) in [6.45, 7) is 4.27. The standard InChI is InChI=1S/C14H23N3O2S/c1-2-9-16-20(18,19)14-5-3-13(4-6-14)17-10-7-12(15)8-11-17/h3-6,12,16H,2,7-11,15H2,1H3. The molecule has 0 atom stereocenters. The van der Waals surface area contributed by atoms with E-state index >= 15 is 0 Å². The van der Waals surface area contributed by atoms with Crippen molar-refractivity contribution in [3.63, 3.8) is 0 Å². The van der Waals surface area contributed by atoms with E-state index in [-0.39, 0.29) is 0 Å². The summed E-state index contributed by atoms with van der Waals surface area (Å²) in [7, 11) is -3.37. The Labute approximate surface area is 121 Å². The molecule has 0 aliphatic carbocycles. The molecular weight excluding hydrogens is 274 g/mol. The first kappa shape index (κ1) is 15.3. The molecule has 5 nitrogen and oxygen atoms in total. The maximum absolute atomic E-state index is 12.0. The lowest BCUT2D eigenvalue weighted by atomic mass is 10.1. The molecule has 0 radical (unpaired) electrons. The summed E-state index contributed by atoms with van der Waals surface area (Å²) in [6.07, 6.45) is 2.75. The van der Waals surface area contributed by atoms with E-state index in [2.05, 4.69) is 9.62 Å². The number of piperidine rings is 1. The van der Waals surface area contributed by atoms with E-state index in [1.54, 1.807) is 12.1 Å². The van der Waals surface area contributed by atoms with Crippen molar-refractivity contribution < 1.29 is 8.42 Å². The molecule has 0 saturated carbocycles. The van der Waals surface area contributed by atoms with Crippen LogP contribution in [0.3, 0.4) is 0 Å². The molecule has 1 aromatic rings. The van der Waals surface area contributed by atoms with E-state index in [1.165, 1.54) is 0 Å². The topological polar surface area (TPSA) is 75.4 Å². The van der Waals surface area contributed by atoms with Gasteiger partial charge in [0.25, 0.3) is 0 Å². The van der Waals surface area contributed by atoms with Crippen molar-refractivity contribution in [2.75, 3.05) is 24.5 Å². The van der Waals surface area contributed by atoms with E-state index in [0.29, 0.717) is 17.5 Å². The largest absolute Gasteiger partial charge is 0.371 e. The smallest absolute Gasteiger partial charge is 0.240 e. The Bertz CT molecular complexity index is 520. The first-order valence-electron chi connectivity index (χ1n) is 7.13. The number of benzene rings is 1. The Kier molecular flexibility index (Phi) is 5.01. The highest BCUT2D eigenvalue weighted by Crippen LogP contribution is 2.21. The Morgan fingerprint density at radius 2 is 1.85 bits per heavy atom. The second-order valence-electron chi connectivity index (χ2n) is 5.22. The molecule has 1 fully saturated rings. The number of rotatable bonds is 5. The number of nitrogens with zero attached hydrogens (tertiary/aromatic N) is 1. The second kappa shape index (κ2) is 6.56. The number of anilines is 1. The summed E-state index contributed by atoms with van der Waals surface area (Å²) >= 11 is 0. The predicted molar refractivity (Wildman–Crippen MR) is 81.3 cm³/mol. The SMILES string of the molecule is CCCNS(=O)(=O)c1ccc(N2CCC(N)CC2)cc1.